The summed E-state index contributed by atoms with van der Waals surface area (Å²) >= 11 is 7.55. The van der Waals surface area contributed by atoms with Gasteiger partial charge in [-0.25, -0.2) is 4.98 Å². The molecule has 0 bridgehead atoms. The van der Waals surface area contributed by atoms with Crippen molar-refractivity contribution in [1.29, 1.82) is 0 Å². The van der Waals surface area contributed by atoms with Crippen LogP contribution in [0.2, 0.25) is 5.02 Å². The average molecular weight is 439 g/mol. The van der Waals surface area contributed by atoms with Gasteiger partial charge in [-0.2, -0.15) is 0 Å². The van der Waals surface area contributed by atoms with Crippen LogP contribution < -0.4 is 22.0 Å². The second-order valence-corrected chi connectivity index (χ2v) is 7.86. The van der Waals surface area contributed by atoms with E-state index in [9.17, 15) is 4.79 Å². The first-order valence-corrected chi connectivity index (χ1v) is 9.91. The number of carbonyl (C=O) groups excluding carboxylic acids is 1. The number of anilines is 1. The summed E-state index contributed by atoms with van der Waals surface area (Å²) in [5.41, 5.74) is 0.841. The lowest BCUT2D eigenvalue weighted by Crippen LogP contribution is -3.00. The Labute approximate surface area is 180 Å². The highest BCUT2D eigenvalue weighted by atomic mass is 35.5. The van der Waals surface area contributed by atoms with Crippen molar-refractivity contribution in [3.8, 4) is 5.75 Å². The van der Waals surface area contributed by atoms with Gasteiger partial charge in [0.1, 0.15) is 5.75 Å². The summed E-state index contributed by atoms with van der Waals surface area (Å²) in [6, 6.07) is 14.9. The van der Waals surface area contributed by atoms with Crippen LogP contribution in [0.3, 0.4) is 0 Å². The Morgan fingerprint density at radius 1 is 1.14 bits per heavy atom. The molecule has 0 atom stereocenters. The predicted octanol–water partition coefficient (Wildman–Crippen LogP) is 1.32. The molecule has 3 rings (SSSR count). The van der Waals surface area contributed by atoms with Crippen molar-refractivity contribution in [3.05, 3.63) is 53.6 Å². The molecule has 0 aliphatic rings. The molecule has 150 valence electrons. The first-order chi connectivity index (χ1) is 13.0. The minimum Gasteiger partial charge on any atom is -1.00 e. The summed E-state index contributed by atoms with van der Waals surface area (Å²) < 4.78 is 6.61. The largest absolute Gasteiger partial charge is 1.00 e. The average Bonchev–Trinajstić information content (AvgIpc) is 3.06. The number of thiazole rings is 1. The zero-order valence-electron chi connectivity index (χ0n) is 15.8. The third kappa shape index (κ3) is 6.07. The fourth-order valence-electron chi connectivity index (χ4n) is 2.61. The molecule has 3 aromatic rings. The maximum atomic E-state index is 12.9. The minimum absolute atomic E-state index is 0. The van der Waals surface area contributed by atoms with E-state index in [1.165, 1.54) is 11.3 Å². The molecule has 1 aromatic heterocycles. The van der Waals surface area contributed by atoms with E-state index in [1.807, 2.05) is 62.6 Å². The van der Waals surface area contributed by atoms with E-state index >= 15 is 0 Å². The van der Waals surface area contributed by atoms with E-state index in [0.717, 1.165) is 23.2 Å². The van der Waals surface area contributed by atoms with Crippen LogP contribution in [0.25, 0.3) is 10.2 Å². The second-order valence-electron chi connectivity index (χ2n) is 6.41. The SMILES string of the molecule is CN(C)CCCN(C(=O)COc1ccccc1)c1nc2ccc(Cl)cc2s1.[Cl-]. The number of rotatable bonds is 8. The number of benzene rings is 2. The third-order valence-electron chi connectivity index (χ3n) is 3.96. The van der Waals surface area contributed by atoms with Crippen molar-refractivity contribution in [2.24, 2.45) is 0 Å². The van der Waals surface area contributed by atoms with Gasteiger partial charge in [-0.3, -0.25) is 9.69 Å². The highest BCUT2D eigenvalue weighted by Crippen LogP contribution is 2.31. The van der Waals surface area contributed by atoms with Crippen molar-refractivity contribution in [2.75, 3.05) is 38.7 Å². The number of aromatic nitrogens is 1. The Bertz CT molecular complexity index is 903. The lowest BCUT2D eigenvalue weighted by atomic mass is 10.3. The van der Waals surface area contributed by atoms with Crippen LogP contribution in [0, 0.1) is 0 Å². The van der Waals surface area contributed by atoms with Gasteiger partial charge >= 0.3 is 0 Å². The van der Waals surface area contributed by atoms with Gasteiger partial charge in [-0.15, -0.1) is 0 Å². The molecule has 2 aromatic carbocycles. The molecule has 0 unspecified atom stereocenters. The van der Waals surface area contributed by atoms with Crippen LogP contribution in [0.1, 0.15) is 6.42 Å². The Morgan fingerprint density at radius 2 is 1.89 bits per heavy atom. The molecular weight excluding hydrogens is 417 g/mol. The number of ether oxygens (including phenoxy) is 1. The third-order valence-corrected chi connectivity index (χ3v) is 5.24. The van der Waals surface area contributed by atoms with Crippen molar-refractivity contribution in [3.63, 3.8) is 0 Å². The molecule has 5 nitrogen and oxygen atoms in total. The molecule has 0 N–H and O–H groups in total. The van der Waals surface area contributed by atoms with E-state index in [1.54, 1.807) is 4.90 Å². The van der Waals surface area contributed by atoms with Crippen molar-refractivity contribution in [2.45, 2.75) is 6.42 Å². The number of amides is 1. The molecule has 0 saturated carbocycles. The molecule has 0 aliphatic carbocycles. The normalized spacial score (nSPS) is 10.7. The van der Waals surface area contributed by atoms with Gasteiger partial charge in [-0.1, -0.05) is 41.1 Å². The van der Waals surface area contributed by atoms with Gasteiger partial charge in [0.05, 0.1) is 10.2 Å². The van der Waals surface area contributed by atoms with Gasteiger partial charge in [0, 0.05) is 11.6 Å². The number of fused-ring (bicyclic) bond motifs is 1. The Morgan fingerprint density at radius 3 is 2.61 bits per heavy atom. The van der Waals surface area contributed by atoms with Crippen LogP contribution >= 0.6 is 22.9 Å². The summed E-state index contributed by atoms with van der Waals surface area (Å²) in [4.78, 5) is 21.3. The Balaban J connectivity index is 0.00000280. The first kappa shape index (κ1) is 22.4. The fraction of sp³-hybridized carbons (Fsp3) is 0.300. The molecule has 0 fully saturated rings. The Hall–Kier alpha value is -1.86. The zero-order chi connectivity index (χ0) is 19.2. The lowest BCUT2D eigenvalue weighted by Gasteiger charge is -2.21. The quantitative estimate of drug-likeness (QED) is 0.531. The highest BCUT2D eigenvalue weighted by Gasteiger charge is 2.20. The maximum absolute atomic E-state index is 12.9. The second kappa shape index (κ2) is 10.6. The molecule has 0 aliphatic heterocycles. The standard InChI is InChI=1S/C20H22ClN3O2S.ClH/c1-23(2)11-6-12-24(19(25)14-26-16-7-4-3-5-8-16)20-22-17-10-9-15(21)13-18(17)27-20;/h3-5,7-10,13H,6,11-12,14H2,1-2H3;1H/p-1. The van der Waals surface area contributed by atoms with E-state index in [-0.39, 0.29) is 24.9 Å². The predicted molar refractivity (Wildman–Crippen MR) is 112 cm³/mol. The van der Waals surface area contributed by atoms with Crippen molar-refractivity contribution >= 4 is 44.2 Å². The number of carbonyl (C=O) groups is 1. The van der Waals surface area contributed by atoms with Crippen LogP contribution in [0.5, 0.6) is 5.75 Å². The molecular formula is C20H22Cl2N3O2S-. The summed E-state index contributed by atoms with van der Waals surface area (Å²) in [6.45, 7) is 1.45. The number of hydrogen-bond donors (Lipinski definition) is 0. The molecule has 1 heterocycles. The monoisotopic (exact) mass is 438 g/mol. The van der Waals surface area contributed by atoms with E-state index < -0.39 is 0 Å². The van der Waals surface area contributed by atoms with Gasteiger partial charge < -0.3 is 22.0 Å². The number of hydrogen-bond acceptors (Lipinski definition) is 5. The fourth-order valence-corrected chi connectivity index (χ4v) is 3.90. The van der Waals surface area contributed by atoms with E-state index in [0.29, 0.717) is 22.4 Å². The number of para-hydroxylation sites is 1. The minimum atomic E-state index is -0.109. The number of halogens is 2. The molecule has 8 heteroatoms. The van der Waals surface area contributed by atoms with Crippen LogP contribution in [0.15, 0.2) is 48.5 Å². The van der Waals surface area contributed by atoms with Gasteiger partial charge in [-0.05, 0) is 57.4 Å². The maximum Gasteiger partial charge on any atom is 0.266 e. The van der Waals surface area contributed by atoms with E-state index in [4.69, 9.17) is 16.3 Å². The summed E-state index contributed by atoms with van der Waals surface area (Å²) in [5.74, 6) is 0.568. The molecule has 0 saturated heterocycles. The highest BCUT2D eigenvalue weighted by molar-refractivity contribution is 7.22. The van der Waals surface area contributed by atoms with Crippen LogP contribution in [0.4, 0.5) is 5.13 Å². The smallest absolute Gasteiger partial charge is 0.266 e. The van der Waals surface area contributed by atoms with Crippen LogP contribution in [-0.2, 0) is 4.79 Å². The molecule has 1 amide bonds. The molecule has 28 heavy (non-hydrogen) atoms. The zero-order valence-corrected chi connectivity index (χ0v) is 18.1. The Kier molecular flexibility index (Phi) is 8.51. The van der Waals surface area contributed by atoms with E-state index in [2.05, 4.69) is 9.88 Å². The van der Waals surface area contributed by atoms with Crippen molar-refractivity contribution in [1.82, 2.24) is 9.88 Å². The molecule has 0 radical (unpaired) electrons. The van der Waals surface area contributed by atoms with Gasteiger partial charge in [0.25, 0.3) is 5.91 Å². The summed E-state index contributed by atoms with van der Waals surface area (Å²) in [5, 5.41) is 1.34. The van der Waals surface area contributed by atoms with Gasteiger partial charge in [0.15, 0.2) is 11.7 Å². The summed E-state index contributed by atoms with van der Waals surface area (Å²) in [7, 11) is 4.04. The summed E-state index contributed by atoms with van der Waals surface area (Å²) in [6.07, 6.45) is 0.848. The van der Waals surface area contributed by atoms with Gasteiger partial charge in [0.2, 0.25) is 0 Å². The van der Waals surface area contributed by atoms with Crippen LogP contribution in [-0.4, -0.2) is 49.6 Å². The first-order valence-electron chi connectivity index (χ1n) is 8.72. The number of nitrogens with zero attached hydrogens (tertiary/aromatic N) is 3. The molecule has 0 spiro atoms. The topological polar surface area (TPSA) is 45.7 Å². The van der Waals surface area contributed by atoms with Crippen molar-refractivity contribution < 1.29 is 21.9 Å². The lowest BCUT2D eigenvalue weighted by molar-refractivity contribution is -0.120.